The van der Waals surface area contributed by atoms with E-state index in [9.17, 15) is 9.50 Å². The van der Waals surface area contributed by atoms with Crippen molar-refractivity contribution >= 4 is 27.7 Å². The van der Waals surface area contributed by atoms with Crippen molar-refractivity contribution in [1.82, 2.24) is 0 Å². The molecule has 1 unspecified atom stereocenters. The van der Waals surface area contributed by atoms with Gasteiger partial charge in [0.05, 0.1) is 10.6 Å². The molecule has 1 rings (SSSR count). The number of hydrogen-bond donors (Lipinski definition) is 1. The summed E-state index contributed by atoms with van der Waals surface area (Å²) >= 11 is 4.72. The van der Waals surface area contributed by atoms with Crippen LogP contribution in [0.4, 0.5) is 4.39 Å². The molecule has 1 aromatic rings. The largest absolute Gasteiger partial charge is 0.387 e. The predicted molar refractivity (Wildman–Crippen MR) is 66.7 cm³/mol. The summed E-state index contributed by atoms with van der Waals surface area (Å²) in [4.78, 5) is 0. The van der Waals surface area contributed by atoms with Gasteiger partial charge in [-0.2, -0.15) is 11.8 Å². The molecule has 0 aromatic heterocycles. The molecule has 0 saturated carbocycles. The molecule has 1 aromatic carbocycles. The van der Waals surface area contributed by atoms with Crippen LogP contribution in [-0.4, -0.2) is 16.1 Å². The molecule has 1 nitrogen and oxygen atoms in total. The molecule has 0 radical (unpaired) electrons. The maximum Gasteiger partial charge on any atom is 0.143 e. The molecule has 1 atom stereocenters. The number of halogens is 2. The normalized spacial score (nSPS) is 13.2. The highest BCUT2D eigenvalue weighted by Gasteiger charge is 2.15. The summed E-state index contributed by atoms with van der Waals surface area (Å²) in [5.74, 6) is 0.153. The van der Waals surface area contributed by atoms with Crippen molar-refractivity contribution in [3.05, 3.63) is 34.1 Å². The number of aliphatic hydroxyl groups excluding tert-OH is 1. The Hall–Kier alpha value is -0.0600. The molecule has 4 heteroatoms. The van der Waals surface area contributed by atoms with Crippen molar-refractivity contribution in [3.63, 3.8) is 0 Å². The van der Waals surface area contributed by atoms with Gasteiger partial charge in [-0.3, -0.25) is 0 Å². The Kier molecular flexibility index (Phi) is 5.09. The Morgan fingerprint density at radius 1 is 1.47 bits per heavy atom. The summed E-state index contributed by atoms with van der Waals surface area (Å²) < 4.78 is 14.0. The van der Waals surface area contributed by atoms with Crippen LogP contribution in [0.1, 0.15) is 25.5 Å². The molecule has 0 heterocycles. The molecule has 84 valence electrons. The quantitative estimate of drug-likeness (QED) is 0.912. The second-order valence-corrected chi connectivity index (χ2v) is 6.00. The molecule has 0 amide bonds. The first-order valence-corrected chi connectivity index (χ1v) is 6.60. The second kappa shape index (κ2) is 5.87. The van der Waals surface area contributed by atoms with E-state index in [4.69, 9.17) is 0 Å². The molecule has 0 aliphatic rings. The standard InChI is InChI=1S/C11H14BrFOS/c1-7(2)15-6-10(14)8-4-3-5-9(12)11(8)13/h3-5,7,10,14H,6H2,1-2H3. The Morgan fingerprint density at radius 2 is 2.13 bits per heavy atom. The third kappa shape index (κ3) is 3.78. The third-order valence-electron chi connectivity index (χ3n) is 1.93. The highest BCUT2D eigenvalue weighted by Crippen LogP contribution is 2.26. The SMILES string of the molecule is CC(C)SCC(O)c1cccc(Br)c1F. The van der Waals surface area contributed by atoms with E-state index in [1.54, 1.807) is 30.0 Å². The van der Waals surface area contributed by atoms with Crippen LogP contribution in [0.3, 0.4) is 0 Å². The van der Waals surface area contributed by atoms with Crippen LogP contribution in [-0.2, 0) is 0 Å². The summed E-state index contributed by atoms with van der Waals surface area (Å²) in [5.41, 5.74) is 0.359. The van der Waals surface area contributed by atoms with Gasteiger partial charge in [0.2, 0.25) is 0 Å². The average molecular weight is 293 g/mol. The van der Waals surface area contributed by atoms with Crippen LogP contribution in [0.15, 0.2) is 22.7 Å². The second-order valence-electron chi connectivity index (χ2n) is 3.54. The predicted octanol–water partition coefficient (Wildman–Crippen LogP) is 3.76. The zero-order valence-electron chi connectivity index (χ0n) is 8.71. The van der Waals surface area contributed by atoms with E-state index >= 15 is 0 Å². The van der Waals surface area contributed by atoms with Crippen molar-refractivity contribution in [1.29, 1.82) is 0 Å². The number of thioether (sulfide) groups is 1. The molecule has 0 spiro atoms. The van der Waals surface area contributed by atoms with Gasteiger partial charge in [-0.25, -0.2) is 4.39 Å². The van der Waals surface area contributed by atoms with E-state index in [2.05, 4.69) is 29.8 Å². The Bertz CT molecular complexity index is 330. The summed E-state index contributed by atoms with van der Waals surface area (Å²) in [6, 6.07) is 4.97. The van der Waals surface area contributed by atoms with E-state index in [1.807, 2.05) is 0 Å². The lowest BCUT2D eigenvalue weighted by molar-refractivity contribution is 0.198. The van der Waals surface area contributed by atoms with Crippen molar-refractivity contribution in [2.75, 3.05) is 5.75 Å². The maximum absolute atomic E-state index is 13.6. The number of rotatable bonds is 4. The summed E-state index contributed by atoms with van der Waals surface area (Å²) in [6.07, 6.45) is -0.741. The minimum atomic E-state index is -0.741. The molecule has 0 bridgehead atoms. The van der Waals surface area contributed by atoms with Gasteiger partial charge in [0.15, 0.2) is 0 Å². The molecule has 0 saturated heterocycles. The van der Waals surface area contributed by atoms with E-state index < -0.39 is 6.10 Å². The van der Waals surface area contributed by atoms with Gasteiger partial charge in [-0.1, -0.05) is 26.0 Å². The van der Waals surface area contributed by atoms with Gasteiger partial charge < -0.3 is 5.11 Å². The van der Waals surface area contributed by atoms with Gasteiger partial charge >= 0.3 is 0 Å². The third-order valence-corrected chi connectivity index (χ3v) is 3.72. The van der Waals surface area contributed by atoms with Crippen molar-refractivity contribution < 1.29 is 9.50 Å². The van der Waals surface area contributed by atoms with Gasteiger partial charge in [0.25, 0.3) is 0 Å². The minimum Gasteiger partial charge on any atom is -0.387 e. The Morgan fingerprint density at radius 3 is 2.73 bits per heavy atom. The van der Waals surface area contributed by atoms with Crippen molar-refractivity contribution in [3.8, 4) is 0 Å². The summed E-state index contributed by atoms with van der Waals surface area (Å²) in [6.45, 7) is 4.10. The number of benzene rings is 1. The topological polar surface area (TPSA) is 20.2 Å². The Labute approximate surface area is 102 Å². The maximum atomic E-state index is 13.6. The van der Waals surface area contributed by atoms with Crippen LogP contribution < -0.4 is 0 Å². The zero-order valence-corrected chi connectivity index (χ0v) is 11.1. The first-order valence-electron chi connectivity index (χ1n) is 4.76. The van der Waals surface area contributed by atoms with Crippen LogP contribution in [0, 0.1) is 5.82 Å². The van der Waals surface area contributed by atoms with E-state index in [0.717, 1.165) is 0 Å². The lowest BCUT2D eigenvalue weighted by Crippen LogP contribution is -2.05. The van der Waals surface area contributed by atoms with Gasteiger partial charge in [-0.05, 0) is 27.2 Å². The first kappa shape index (κ1) is 13.0. The number of aliphatic hydroxyl groups is 1. The zero-order chi connectivity index (χ0) is 11.4. The minimum absolute atomic E-state index is 0.359. The lowest BCUT2D eigenvalue weighted by Gasteiger charge is -2.13. The molecule has 0 aliphatic heterocycles. The van der Waals surface area contributed by atoms with Gasteiger partial charge in [-0.15, -0.1) is 0 Å². The van der Waals surface area contributed by atoms with Crippen LogP contribution >= 0.6 is 27.7 Å². The molecule has 15 heavy (non-hydrogen) atoms. The van der Waals surface area contributed by atoms with Crippen molar-refractivity contribution in [2.24, 2.45) is 0 Å². The smallest absolute Gasteiger partial charge is 0.143 e. The van der Waals surface area contributed by atoms with E-state index in [0.29, 0.717) is 21.0 Å². The highest BCUT2D eigenvalue weighted by molar-refractivity contribution is 9.10. The highest BCUT2D eigenvalue weighted by atomic mass is 79.9. The first-order chi connectivity index (χ1) is 7.02. The Balaban J connectivity index is 2.73. The fourth-order valence-electron chi connectivity index (χ4n) is 1.15. The van der Waals surface area contributed by atoms with Crippen LogP contribution in [0.5, 0.6) is 0 Å². The molecular formula is C11H14BrFOS. The fourth-order valence-corrected chi connectivity index (χ4v) is 2.28. The summed E-state index contributed by atoms with van der Waals surface area (Å²) in [7, 11) is 0. The monoisotopic (exact) mass is 292 g/mol. The van der Waals surface area contributed by atoms with E-state index in [1.165, 1.54) is 0 Å². The van der Waals surface area contributed by atoms with Gasteiger partial charge in [0.1, 0.15) is 5.82 Å². The van der Waals surface area contributed by atoms with Crippen molar-refractivity contribution in [2.45, 2.75) is 25.2 Å². The molecule has 1 N–H and O–H groups in total. The lowest BCUT2D eigenvalue weighted by atomic mass is 10.1. The van der Waals surface area contributed by atoms with E-state index in [-0.39, 0.29) is 5.82 Å². The van der Waals surface area contributed by atoms with Gasteiger partial charge in [0, 0.05) is 11.3 Å². The van der Waals surface area contributed by atoms with Crippen LogP contribution in [0.2, 0.25) is 0 Å². The molecular weight excluding hydrogens is 279 g/mol. The summed E-state index contributed by atoms with van der Waals surface area (Å²) in [5, 5.41) is 10.2. The molecule has 0 fully saturated rings. The average Bonchev–Trinajstić information content (AvgIpc) is 2.18. The molecule has 0 aliphatic carbocycles. The van der Waals surface area contributed by atoms with Crippen LogP contribution in [0.25, 0.3) is 0 Å². The number of hydrogen-bond acceptors (Lipinski definition) is 2. The fraction of sp³-hybridized carbons (Fsp3) is 0.455.